The summed E-state index contributed by atoms with van der Waals surface area (Å²) in [7, 11) is -3.20. The lowest BCUT2D eigenvalue weighted by Gasteiger charge is -2.33. The van der Waals surface area contributed by atoms with E-state index in [1.165, 1.54) is 11.2 Å². The van der Waals surface area contributed by atoms with Gasteiger partial charge in [0.1, 0.15) is 18.3 Å². The Hall–Kier alpha value is -1.49. The maximum atomic E-state index is 11.9. The number of carbonyl (C=O) groups is 1. The van der Waals surface area contributed by atoms with Gasteiger partial charge < -0.3 is 34.4 Å². The fraction of sp³-hybridized carbons (Fsp3) is 0.636. The summed E-state index contributed by atoms with van der Waals surface area (Å²) in [6.07, 6.45) is 0.862. The third-order valence-electron chi connectivity index (χ3n) is 4.07. The third kappa shape index (κ3) is 2.36. The van der Waals surface area contributed by atoms with E-state index < -0.39 is 44.3 Å². The fourth-order valence-electron chi connectivity index (χ4n) is 3.03. The fourth-order valence-corrected chi connectivity index (χ4v) is 4.11. The minimum absolute atomic E-state index is 0.0192. The Labute approximate surface area is 130 Å². The quantitative estimate of drug-likeness (QED) is 0.371. The summed E-state index contributed by atoms with van der Waals surface area (Å²) in [6, 6.07) is -0.754. The van der Waals surface area contributed by atoms with Gasteiger partial charge in [0.25, 0.3) is 5.91 Å². The van der Waals surface area contributed by atoms with Crippen LogP contribution in [0.3, 0.4) is 0 Å². The zero-order chi connectivity index (χ0) is 16.4. The second-order valence-electron chi connectivity index (χ2n) is 5.63. The SMILES string of the molecule is C=P1(O)OC[C@H]2O[C@@H](N3C=NC4C(=O)NC(N)=NC43)[C@H](O)[C@@H]2O1. The summed E-state index contributed by atoms with van der Waals surface area (Å²) >= 11 is 0. The number of aliphatic imine (C=N–C) groups is 2. The van der Waals surface area contributed by atoms with E-state index in [9.17, 15) is 14.8 Å². The van der Waals surface area contributed by atoms with Gasteiger partial charge in [-0.3, -0.25) is 15.1 Å². The van der Waals surface area contributed by atoms with Gasteiger partial charge in [-0.1, -0.05) is 0 Å². The van der Waals surface area contributed by atoms with Gasteiger partial charge in [-0.15, -0.1) is 0 Å². The van der Waals surface area contributed by atoms with Crippen LogP contribution in [0.15, 0.2) is 9.98 Å². The van der Waals surface area contributed by atoms with Crippen LogP contribution in [0.5, 0.6) is 0 Å². The number of fused-ring (bicyclic) bond motifs is 2. The molecule has 1 amide bonds. The van der Waals surface area contributed by atoms with Crippen molar-refractivity contribution in [3.05, 3.63) is 0 Å². The van der Waals surface area contributed by atoms with E-state index in [0.29, 0.717) is 0 Å². The standard InChI is InChI=1S/C11H16N5O6P/c1-23(19)20-2-4-7(22-23)6(17)10(21-4)16-3-13-5-8(16)14-11(12)15-9(5)18/h3-8,10,17,19H,1-2H2,(H3,12,14,15,18)/t4-,5?,6-,7-,8?,10-,23?/m1/s1. The van der Waals surface area contributed by atoms with Gasteiger partial charge in [0.2, 0.25) is 7.57 Å². The summed E-state index contributed by atoms with van der Waals surface area (Å²) in [4.78, 5) is 31.4. The summed E-state index contributed by atoms with van der Waals surface area (Å²) < 4.78 is 16.2. The minimum Gasteiger partial charge on any atom is -0.386 e. The van der Waals surface area contributed by atoms with Crippen LogP contribution in [0.2, 0.25) is 0 Å². The molecule has 0 radical (unpaired) electrons. The molecule has 2 saturated heterocycles. The van der Waals surface area contributed by atoms with Crippen molar-refractivity contribution >= 4 is 32.1 Å². The van der Waals surface area contributed by atoms with Gasteiger partial charge >= 0.3 is 0 Å². The number of nitrogens with zero attached hydrogens (tertiary/aromatic N) is 3. The highest BCUT2D eigenvalue weighted by atomic mass is 31.2. The first-order chi connectivity index (χ1) is 10.9. The third-order valence-corrected chi connectivity index (χ3v) is 5.20. The maximum absolute atomic E-state index is 11.9. The van der Waals surface area contributed by atoms with Gasteiger partial charge in [-0.25, -0.2) is 4.99 Å². The first-order valence-corrected chi connectivity index (χ1v) is 8.69. The highest BCUT2D eigenvalue weighted by Crippen LogP contribution is 2.51. The highest BCUT2D eigenvalue weighted by molar-refractivity contribution is 7.58. The molecule has 4 aliphatic rings. The Bertz CT molecular complexity index is 655. The number of hydrogen-bond acceptors (Lipinski definition) is 10. The van der Waals surface area contributed by atoms with E-state index in [4.69, 9.17) is 19.5 Å². The van der Waals surface area contributed by atoms with E-state index >= 15 is 0 Å². The van der Waals surface area contributed by atoms with Gasteiger partial charge in [0.15, 0.2) is 24.4 Å². The Morgan fingerprint density at radius 1 is 1.57 bits per heavy atom. The number of aliphatic hydroxyl groups excluding tert-OH is 1. The Morgan fingerprint density at radius 3 is 3.13 bits per heavy atom. The van der Waals surface area contributed by atoms with Crippen LogP contribution in [0.4, 0.5) is 0 Å². The van der Waals surface area contributed by atoms with Crippen LogP contribution < -0.4 is 11.1 Å². The van der Waals surface area contributed by atoms with Gasteiger partial charge in [-0.05, 0) is 6.30 Å². The molecule has 0 aromatic carbocycles. The molecule has 0 saturated carbocycles. The van der Waals surface area contributed by atoms with Gasteiger partial charge in [0, 0.05) is 0 Å². The van der Waals surface area contributed by atoms with Crippen molar-refractivity contribution < 1.29 is 28.6 Å². The molecule has 0 spiro atoms. The molecule has 7 atom stereocenters. The molecule has 3 unspecified atom stereocenters. The van der Waals surface area contributed by atoms with Gasteiger partial charge in [0.05, 0.1) is 12.9 Å². The topological polar surface area (TPSA) is 151 Å². The number of nitrogens with one attached hydrogen (secondary N) is 1. The number of aliphatic hydroxyl groups is 1. The molecule has 5 N–H and O–H groups in total. The smallest absolute Gasteiger partial charge is 0.255 e. The number of amides is 1. The second-order valence-corrected chi connectivity index (χ2v) is 7.38. The molecule has 0 aliphatic carbocycles. The Kier molecular flexibility index (Phi) is 3.28. The molecule has 12 heteroatoms. The van der Waals surface area contributed by atoms with E-state index in [1.54, 1.807) is 0 Å². The average molecular weight is 345 g/mol. The molecule has 23 heavy (non-hydrogen) atoms. The molecule has 4 rings (SSSR count). The predicted molar refractivity (Wildman–Crippen MR) is 79.4 cm³/mol. The lowest BCUT2D eigenvalue weighted by molar-refractivity contribution is -0.124. The molecule has 0 aromatic heterocycles. The number of hydrogen-bond donors (Lipinski definition) is 4. The minimum atomic E-state index is -3.20. The van der Waals surface area contributed by atoms with Crippen molar-refractivity contribution in [2.45, 2.75) is 36.7 Å². The number of ether oxygens (including phenoxy) is 1. The molecule has 2 fully saturated rings. The number of guanidine groups is 1. The number of nitrogens with two attached hydrogens (primary N) is 1. The maximum Gasteiger partial charge on any atom is 0.255 e. The summed E-state index contributed by atoms with van der Waals surface area (Å²) in [5.74, 6) is -0.391. The van der Waals surface area contributed by atoms with E-state index in [-0.39, 0.29) is 18.5 Å². The largest absolute Gasteiger partial charge is 0.386 e. The second kappa shape index (κ2) is 5.00. The van der Waals surface area contributed by atoms with Crippen LogP contribution in [-0.2, 0) is 18.6 Å². The summed E-state index contributed by atoms with van der Waals surface area (Å²) in [5, 5.41) is 12.9. The van der Waals surface area contributed by atoms with Crippen molar-refractivity contribution in [2.24, 2.45) is 15.7 Å². The van der Waals surface area contributed by atoms with Crippen molar-refractivity contribution in [1.29, 1.82) is 0 Å². The number of rotatable bonds is 1. The molecular formula is C11H16N5O6P. The Balaban J connectivity index is 1.58. The molecule has 0 bridgehead atoms. The first-order valence-electron chi connectivity index (χ1n) is 6.93. The van der Waals surface area contributed by atoms with Crippen molar-refractivity contribution in [3.63, 3.8) is 0 Å². The zero-order valence-corrected chi connectivity index (χ0v) is 12.7. The normalized spacial score (nSPS) is 48.7. The molecular weight excluding hydrogens is 329 g/mol. The average Bonchev–Trinajstić information content (AvgIpc) is 3.00. The lowest BCUT2D eigenvalue weighted by Crippen LogP contribution is -2.57. The van der Waals surface area contributed by atoms with E-state index in [1.807, 2.05) is 0 Å². The van der Waals surface area contributed by atoms with E-state index in [2.05, 4.69) is 21.6 Å². The lowest BCUT2D eigenvalue weighted by atomic mass is 10.1. The van der Waals surface area contributed by atoms with Gasteiger partial charge in [-0.2, -0.15) is 0 Å². The van der Waals surface area contributed by atoms with Crippen molar-refractivity contribution in [2.75, 3.05) is 6.61 Å². The van der Waals surface area contributed by atoms with Crippen LogP contribution >= 0.6 is 7.57 Å². The van der Waals surface area contributed by atoms with Crippen LogP contribution in [0.1, 0.15) is 0 Å². The van der Waals surface area contributed by atoms with E-state index in [0.717, 1.165) is 0 Å². The summed E-state index contributed by atoms with van der Waals surface area (Å²) in [5.41, 5.74) is 5.58. The predicted octanol–water partition coefficient (Wildman–Crippen LogP) is -2.84. The Morgan fingerprint density at radius 2 is 2.35 bits per heavy atom. The zero-order valence-electron chi connectivity index (χ0n) is 11.8. The summed E-state index contributed by atoms with van der Waals surface area (Å²) in [6.45, 7) is 0.0526. The number of carbonyl (C=O) groups excluding carboxylic acids is 1. The van der Waals surface area contributed by atoms with Crippen LogP contribution in [-0.4, -0.2) is 82.8 Å². The molecule has 11 nitrogen and oxygen atoms in total. The van der Waals surface area contributed by atoms with Crippen molar-refractivity contribution in [1.82, 2.24) is 10.2 Å². The van der Waals surface area contributed by atoms with Crippen LogP contribution in [0.25, 0.3) is 0 Å². The molecule has 126 valence electrons. The monoisotopic (exact) mass is 345 g/mol. The highest BCUT2D eigenvalue weighted by Gasteiger charge is 2.54. The van der Waals surface area contributed by atoms with Crippen molar-refractivity contribution in [3.8, 4) is 0 Å². The first kappa shape index (κ1) is 15.1. The van der Waals surface area contributed by atoms with Crippen LogP contribution in [0, 0.1) is 0 Å². The molecule has 4 heterocycles. The molecule has 0 aromatic rings. The molecule has 4 aliphatic heterocycles.